The molecule has 0 atom stereocenters. The second-order valence-electron chi connectivity index (χ2n) is 5.59. The van der Waals surface area contributed by atoms with Crippen molar-refractivity contribution in [3.63, 3.8) is 0 Å². The number of thiophene rings is 1. The maximum absolute atomic E-state index is 12.2. The molecular formula is C17H19ClN2O3S. The van der Waals surface area contributed by atoms with Crippen molar-refractivity contribution in [1.29, 1.82) is 0 Å². The molecule has 2 rings (SSSR count). The first-order valence-electron chi connectivity index (χ1n) is 7.42. The molecule has 0 bridgehead atoms. The third kappa shape index (κ3) is 4.97. The van der Waals surface area contributed by atoms with Crippen LogP contribution in [0, 0.1) is 0 Å². The van der Waals surface area contributed by atoms with Crippen molar-refractivity contribution in [2.24, 2.45) is 0 Å². The van der Waals surface area contributed by atoms with Gasteiger partial charge in [0.2, 0.25) is 5.91 Å². The van der Waals surface area contributed by atoms with E-state index in [1.165, 1.54) is 11.3 Å². The van der Waals surface area contributed by atoms with Gasteiger partial charge in [-0.15, -0.1) is 11.3 Å². The maximum atomic E-state index is 12.2. The number of hydrogen-bond acceptors (Lipinski definition) is 4. The first-order valence-corrected chi connectivity index (χ1v) is 8.67. The van der Waals surface area contributed by atoms with Gasteiger partial charge in [0.1, 0.15) is 17.9 Å². The van der Waals surface area contributed by atoms with Gasteiger partial charge >= 0.3 is 0 Å². The zero-order valence-corrected chi connectivity index (χ0v) is 15.0. The molecule has 2 aromatic rings. The molecule has 0 aliphatic rings. The van der Waals surface area contributed by atoms with E-state index in [2.05, 4.69) is 10.6 Å². The van der Waals surface area contributed by atoms with Crippen molar-refractivity contribution in [1.82, 2.24) is 10.6 Å². The van der Waals surface area contributed by atoms with Crippen LogP contribution in [0.1, 0.15) is 23.5 Å². The highest BCUT2D eigenvalue weighted by molar-refractivity contribution is 7.12. The average Bonchev–Trinajstić information content (AvgIpc) is 3.07. The minimum absolute atomic E-state index is 0.266. The minimum Gasteiger partial charge on any atom is -0.490 e. The number of ether oxygens (including phenoxy) is 1. The van der Waals surface area contributed by atoms with E-state index in [-0.39, 0.29) is 18.4 Å². The van der Waals surface area contributed by atoms with E-state index in [4.69, 9.17) is 16.3 Å². The standard InChI is InChI=1S/C17H19ClN2O3S/c1-17(2,20-15(21)14-8-5-11-24-14)16(22)19-9-10-23-13-7-4-3-6-12(13)18/h3-8,11H,9-10H2,1-2H3,(H,19,22)(H,20,21). The summed E-state index contributed by atoms with van der Waals surface area (Å²) in [6, 6.07) is 10.6. The van der Waals surface area contributed by atoms with E-state index < -0.39 is 5.54 Å². The molecule has 0 unspecified atom stereocenters. The van der Waals surface area contributed by atoms with Crippen molar-refractivity contribution in [2.45, 2.75) is 19.4 Å². The molecule has 7 heteroatoms. The van der Waals surface area contributed by atoms with Crippen molar-refractivity contribution in [3.05, 3.63) is 51.7 Å². The summed E-state index contributed by atoms with van der Waals surface area (Å²) in [6.45, 7) is 3.90. The molecule has 0 spiro atoms. The number of halogens is 1. The van der Waals surface area contributed by atoms with Crippen LogP contribution in [0.4, 0.5) is 0 Å². The molecule has 128 valence electrons. The number of para-hydroxylation sites is 1. The smallest absolute Gasteiger partial charge is 0.262 e. The van der Waals surface area contributed by atoms with Crippen molar-refractivity contribution >= 4 is 34.8 Å². The Kier molecular flexibility index (Phi) is 6.23. The van der Waals surface area contributed by atoms with Gasteiger partial charge in [0.25, 0.3) is 5.91 Å². The fraction of sp³-hybridized carbons (Fsp3) is 0.294. The molecule has 1 heterocycles. The van der Waals surface area contributed by atoms with E-state index >= 15 is 0 Å². The number of amides is 2. The van der Waals surface area contributed by atoms with E-state index in [1.807, 2.05) is 17.5 Å². The van der Waals surface area contributed by atoms with Gasteiger partial charge in [-0.3, -0.25) is 9.59 Å². The fourth-order valence-electron chi connectivity index (χ4n) is 1.92. The van der Waals surface area contributed by atoms with E-state index in [1.54, 1.807) is 38.1 Å². The van der Waals surface area contributed by atoms with E-state index in [9.17, 15) is 9.59 Å². The highest BCUT2D eigenvalue weighted by atomic mass is 35.5. The summed E-state index contributed by atoms with van der Waals surface area (Å²) in [7, 11) is 0. The van der Waals surface area contributed by atoms with E-state index in [0.29, 0.717) is 22.2 Å². The van der Waals surface area contributed by atoms with Crippen LogP contribution in [0.3, 0.4) is 0 Å². The summed E-state index contributed by atoms with van der Waals surface area (Å²) in [6.07, 6.45) is 0. The lowest BCUT2D eigenvalue weighted by Crippen LogP contribution is -2.55. The SMILES string of the molecule is CC(C)(NC(=O)c1cccs1)C(=O)NCCOc1ccccc1Cl. The predicted octanol–water partition coefficient (Wildman–Crippen LogP) is 3.11. The fourth-order valence-corrected chi connectivity index (χ4v) is 2.73. The van der Waals surface area contributed by atoms with Gasteiger partial charge in [-0.05, 0) is 37.4 Å². The predicted molar refractivity (Wildman–Crippen MR) is 95.8 cm³/mol. The highest BCUT2D eigenvalue weighted by Crippen LogP contribution is 2.22. The van der Waals surface area contributed by atoms with Crippen LogP contribution in [0.15, 0.2) is 41.8 Å². The van der Waals surface area contributed by atoms with Gasteiger partial charge in [0.15, 0.2) is 0 Å². The lowest BCUT2D eigenvalue weighted by molar-refractivity contribution is -0.126. The first kappa shape index (κ1) is 18.3. The van der Waals surface area contributed by atoms with Gasteiger partial charge in [-0.2, -0.15) is 0 Å². The lowest BCUT2D eigenvalue weighted by Gasteiger charge is -2.24. The first-order chi connectivity index (χ1) is 11.4. The van der Waals surface area contributed by atoms with Crippen LogP contribution < -0.4 is 15.4 Å². The molecule has 24 heavy (non-hydrogen) atoms. The molecule has 1 aromatic heterocycles. The van der Waals surface area contributed by atoms with Crippen molar-refractivity contribution in [3.8, 4) is 5.75 Å². The molecule has 5 nitrogen and oxygen atoms in total. The van der Waals surface area contributed by atoms with Gasteiger partial charge in [0, 0.05) is 0 Å². The Hall–Kier alpha value is -2.05. The second-order valence-corrected chi connectivity index (χ2v) is 6.95. The number of nitrogens with one attached hydrogen (secondary N) is 2. The third-order valence-corrected chi connectivity index (χ3v) is 4.40. The summed E-state index contributed by atoms with van der Waals surface area (Å²) >= 11 is 7.31. The Bertz CT molecular complexity index is 702. The highest BCUT2D eigenvalue weighted by Gasteiger charge is 2.29. The van der Waals surface area contributed by atoms with Gasteiger partial charge < -0.3 is 15.4 Å². The zero-order valence-electron chi connectivity index (χ0n) is 13.5. The van der Waals surface area contributed by atoms with E-state index in [0.717, 1.165) is 0 Å². The zero-order chi connectivity index (χ0) is 17.6. The molecule has 0 radical (unpaired) electrons. The summed E-state index contributed by atoms with van der Waals surface area (Å²) in [4.78, 5) is 24.9. The molecule has 1 aromatic carbocycles. The number of benzene rings is 1. The number of hydrogen-bond donors (Lipinski definition) is 2. The van der Waals surface area contributed by atoms with Gasteiger partial charge in [0.05, 0.1) is 16.4 Å². The van der Waals surface area contributed by atoms with Crippen LogP contribution in [-0.4, -0.2) is 30.5 Å². The molecule has 2 N–H and O–H groups in total. The Morgan fingerprint density at radius 2 is 1.96 bits per heavy atom. The van der Waals surface area contributed by atoms with Crippen LogP contribution in [0.2, 0.25) is 5.02 Å². The number of carbonyl (C=O) groups is 2. The molecule has 0 saturated carbocycles. The van der Waals surface area contributed by atoms with Crippen molar-refractivity contribution in [2.75, 3.05) is 13.2 Å². The summed E-state index contributed by atoms with van der Waals surface area (Å²) in [5.41, 5.74) is -1.02. The summed E-state index contributed by atoms with van der Waals surface area (Å²) in [5, 5.41) is 7.80. The lowest BCUT2D eigenvalue weighted by atomic mass is 10.0. The molecule has 0 aliphatic heterocycles. The molecule has 0 saturated heterocycles. The van der Waals surface area contributed by atoms with Gasteiger partial charge in [-0.25, -0.2) is 0 Å². The minimum atomic E-state index is -1.02. The number of carbonyl (C=O) groups excluding carboxylic acids is 2. The van der Waals surface area contributed by atoms with Crippen LogP contribution in [0.25, 0.3) is 0 Å². The molecular weight excluding hydrogens is 348 g/mol. The molecule has 0 aliphatic carbocycles. The van der Waals surface area contributed by atoms with Crippen LogP contribution >= 0.6 is 22.9 Å². The van der Waals surface area contributed by atoms with Crippen LogP contribution in [-0.2, 0) is 4.79 Å². The third-order valence-electron chi connectivity index (χ3n) is 3.22. The van der Waals surface area contributed by atoms with Gasteiger partial charge in [-0.1, -0.05) is 29.8 Å². The molecule has 2 amide bonds. The Morgan fingerprint density at radius 3 is 2.62 bits per heavy atom. The molecule has 0 fully saturated rings. The summed E-state index contributed by atoms with van der Waals surface area (Å²) in [5.74, 6) is 0.0197. The quantitative estimate of drug-likeness (QED) is 0.740. The monoisotopic (exact) mass is 366 g/mol. The maximum Gasteiger partial charge on any atom is 0.262 e. The van der Waals surface area contributed by atoms with Crippen LogP contribution in [0.5, 0.6) is 5.75 Å². The normalized spacial score (nSPS) is 11.0. The topological polar surface area (TPSA) is 67.4 Å². The number of rotatable bonds is 7. The Morgan fingerprint density at radius 1 is 1.21 bits per heavy atom. The Balaban J connectivity index is 1.78. The second kappa shape index (κ2) is 8.17. The average molecular weight is 367 g/mol. The van der Waals surface area contributed by atoms with Crippen molar-refractivity contribution < 1.29 is 14.3 Å². The summed E-state index contributed by atoms with van der Waals surface area (Å²) < 4.78 is 5.51. The Labute approximate surface area is 150 Å². The largest absolute Gasteiger partial charge is 0.490 e.